The fourth-order valence-electron chi connectivity index (χ4n) is 1.14. The second-order valence-corrected chi connectivity index (χ2v) is 2.86. The minimum atomic E-state index is -0.320. The minimum Gasteiger partial charge on any atom is -0.465 e. The van der Waals surface area contributed by atoms with Crippen molar-refractivity contribution in [2.45, 2.75) is 26.2 Å². The molecule has 0 aliphatic carbocycles. The quantitative estimate of drug-likeness (QED) is 0.718. The third-order valence-corrected chi connectivity index (χ3v) is 1.90. The number of nitrogens with one attached hydrogen (secondary N) is 1. The van der Waals surface area contributed by atoms with Gasteiger partial charge in [-0.2, -0.15) is 5.10 Å². The van der Waals surface area contributed by atoms with E-state index in [0.29, 0.717) is 5.56 Å². The van der Waals surface area contributed by atoms with E-state index in [9.17, 15) is 4.79 Å². The van der Waals surface area contributed by atoms with Gasteiger partial charge in [0.05, 0.1) is 13.3 Å². The number of ether oxygens (including phenoxy) is 1. The first-order valence-corrected chi connectivity index (χ1v) is 4.40. The lowest BCUT2D eigenvalue weighted by atomic mass is 10.1. The average molecular weight is 182 g/mol. The number of H-pyrrole nitrogens is 1. The standard InChI is InChI=1S/C9H14N2O2/c1-3-4-5-8-7(6-10-11-8)9(12)13-2/h6H,3-5H2,1-2H3,(H,10,11). The van der Waals surface area contributed by atoms with Crippen LogP contribution in [0.3, 0.4) is 0 Å². The summed E-state index contributed by atoms with van der Waals surface area (Å²) in [5.74, 6) is -0.320. The molecule has 1 heterocycles. The summed E-state index contributed by atoms with van der Waals surface area (Å²) in [6.07, 6.45) is 4.50. The Morgan fingerprint density at radius 3 is 3.08 bits per heavy atom. The fourth-order valence-corrected chi connectivity index (χ4v) is 1.14. The van der Waals surface area contributed by atoms with Crippen LogP contribution in [0.4, 0.5) is 0 Å². The molecule has 0 aliphatic heterocycles. The summed E-state index contributed by atoms with van der Waals surface area (Å²) in [5, 5.41) is 6.62. The normalized spacial score (nSPS) is 10.0. The van der Waals surface area contributed by atoms with Crippen LogP contribution >= 0.6 is 0 Å². The number of hydrogen-bond donors (Lipinski definition) is 1. The summed E-state index contributed by atoms with van der Waals surface area (Å²) in [7, 11) is 1.37. The number of esters is 1. The smallest absolute Gasteiger partial charge is 0.341 e. The van der Waals surface area contributed by atoms with Crippen molar-refractivity contribution in [2.24, 2.45) is 0 Å². The highest BCUT2D eigenvalue weighted by Crippen LogP contribution is 2.09. The SMILES string of the molecule is CCCCc1[nH]ncc1C(=O)OC. The van der Waals surface area contributed by atoms with Gasteiger partial charge >= 0.3 is 5.97 Å². The van der Waals surface area contributed by atoms with Crippen LogP contribution in [-0.2, 0) is 11.2 Å². The number of methoxy groups -OCH3 is 1. The predicted molar refractivity (Wildman–Crippen MR) is 48.5 cm³/mol. The zero-order chi connectivity index (χ0) is 9.68. The lowest BCUT2D eigenvalue weighted by Gasteiger charge is -1.99. The summed E-state index contributed by atoms with van der Waals surface area (Å²) < 4.78 is 4.62. The third-order valence-electron chi connectivity index (χ3n) is 1.90. The Morgan fingerprint density at radius 1 is 1.69 bits per heavy atom. The van der Waals surface area contributed by atoms with Crippen molar-refractivity contribution in [1.29, 1.82) is 0 Å². The largest absolute Gasteiger partial charge is 0.465 e. The Hall–Kier alpha value is -1.32. The van der Waals surface area contributed by atoms with Gasteiger partial charge in [-0.1, -0.05) is 13.3 Å². The summed E-state index contributed by atoms with van der Waals surface area (Å²) in [6.45, 7) is 2.11. The van der Waals surface area contributed by atoms with Crippen LogP contribution in [0.15, 0.2) is 6.20 Å². The Morgan fingerprint density at radius 2 is 2.46 bits per heavy atom. The van der Waals surface area contributed by atoms with E-state index in [4.69, 9.17) is 0 Å². The van der Waals surface area contributed by atoms with E-state index in [2.05, 4.69) is 21.9 Å². The van der Waals surface area contributed by atoms with Crippen LogP contribution in [0, 0.1) is 0 Å². The van der Waals surface area contributed by atoms with E-state index in [-0.39, 0.29) is 5.97 Å². The lowest BCUT2D eigenvalue weighted by molar-refractivity contribution is 0.0599. The molecule has 0 fully saturated rings. The van der Waals surface area contributed by atoms with Gasteiger partial charge in [-0.25, -0.2) is 4.79 Å². The number of aromatic amines is 1. The van der Waals surface area contributed by atoms with Crippen molar-refractivity contribution in [1.82, 2.24) is 10.2 Å². The first-order chi connectivity index (χ1) is 6.29. The second-order valence-electron chi connectivity index (χ2n) is 2.86. The van der Waals surface area contributed by atoms with Gasteiger partial charge in [0, 0.05) is 5.69 Å². The number of nitrogens with zero attached hydrogens (tertiary/aromatic N) is 1. The molecular weight excluding hydrogens is 168 g/mol. The average Bonchev–Trinajstić information content (AvgIpc) is 2.61. The number of unbranched alkanes of at least 4 members (excludes halogenated alkanes) is 1. The molecule has 72 valence electrons. The molecule has 0 bridgehead atoms. The van der Waals surface area contributed by atoms with E-state index < -0.39 is 0 Å². The molecule has 1 aromatic rings. The number of hydrogen-bond acceptors (Lipinski definition) is 3. The molecule has 1 rings (SSSR count). The Kier molecular flexibility index (Phi) is 3.49. The highest BCUT2D eigenvalue weighted by Gasteiger charge is 2.12. The number of carbonyl (C=O) groups excluding carboxylic acids is 1. The molecule has 0 radical (unpaired) electrons. The van der Waals surface area contributed by atoms with Crippen LogP contribution in [0.1, 0.15) is 35.8 Å². The molecule has 1 N–H and O–H groups in total. The van der Waals surface area contributed by atoms with Crippen molar-refractivity contribution in [3.05, 3.63) is 17.5 Å². The highest BCUT2D eigenvalue weighted by molar-refractivity contribution is 5.90. The summed E-state index contributed by atoms with van der Waals surface area (Å²) in [6, 6.07) is 0. The van der Waals surface area contributed by atoms with E-state index in [1.807, 2.05) is 0 Å². The van der Waals surface area contributed by atoms with Crippen molar-refractivity contribution in [2.75, 3.05) is 7.11 Å². The van der Waals surface area contributed by atoms with Gasteiger partial charge in [-0.15, -0.1) is 0 Å². The molecule has 0 aliphatic rings. The molecule has 4 nitrogen and oxygen atoms in total. The van der Waals surface area contributed by atoms with Crippen LogP contribution in [0.5, 0.6) is 0 Å². The third kappa shape index (κ3) is 2.31. The van der Waals surface area contributed by atoms with Crippen LogP contribution in [-0.4, -0.2) is 23.3 Å². The van der Waals surface area contributed by atoms with Gasteiger partial charge in [0.25, 0.3) is 0 Å². The topological polar surface area (TPSA) is 55.0 Å². The maximum atomic E-state index is 11.2. The molecule has 1 aromatic heterocycles. The van der Waals surface area contributed by atoms with Crippen molar-refractivity contribution in [3.8, 4) is 0 Å². The maximum Gasteiger partial charge on any atom is 0.341 e. The second kappa shape index (κ2) is 4.64. The van der Waals surface area contributed by atoms with E-state index >= 15 is 0 Å². The molecule has 0 amide bonds. The predicted octanol–water partition coefficient (Wildman–Crippen LogP) is 1.54. The van der Waals surface area contributed by atoms with Gasteiger partial charge < -0.3 is 4.74 Å². The van der Waals surface area contributed by atoms with Crippen molar-refractivity contribution < 1.29 is 9.53 Å². The van der Waals surface area contributed by atoms with Crippen LogP contribution in [0.25, 0.3) is 0 Å². The molecule has 4 heteroatoms. The molecule has 0 spiro atoms. The first kappa shape index (κ1) is 9.77. The highest BCUT2D eigenvalue weighted by atomic mass is 16.5. The minimum absolute atomic E-state index is 0.320. The van der Waals surface area contributed by atoms with Gasteiger partial charge in [-0.05, 0) is 12.8 Å². The molecule has 13 heavy (non-hydrogen) atoms. The zero-order valence-electron chi connectivity index (χ0n) is 7.96. The first-order valence-electron chi connectivity index (χ1n) is 4.40. The van der Waals surface area contributed by atoms with Crippen LogP contribution in [0.2, 0.25) is 0 Å². The molecule has 0 saturated carbocycles. The maximum absolute atomic E-state index is 11.2. The van der Waals surface area contributed by atoms with E-state index in [1.165, 1.54) is 13.3 Å². The van der Waals surface area contributed by atoms with Gasteiger partial charge in [0.2, 0.25) is 0 Å². The number of rotatable bonds is 4. The number of aromatic nitrogens is 2. The van der Waals surface area contributed by atoms with Gasteiger partial charge in [0.15, 0.2) is 0 Å². The number of carbonyl (C=O) groups is 1. The molecule has 0 aromatic carbocycles. The number of aryl methyl sites for hydroxylation is 1. The monoisotopic (exact) mass is 182 g/mol. The summed E-state index contributed by atoms with van der Waals surface area (Å²) in [4.78, 5) is 11.2. The van der Waals surface area contributed by atoms with Crippen molar-refractivity contribution >= 4 is 5.97 Å². The fraction of sp³-hybridized carbons (Fsp3) is 0.556. The molecular formula is C9H14N2O2. The summed E-state index contributed by atoms with van der Waals surface area (Å²) in [5.41, 5.74) is 1.42. The van der Waals surface area contributed by atoms with Gasteiger partial charge in [-0.3, -0.25) is 5.10 Å². The van der Waals surface area contributed by atoms with Crippen molar-refractivity contribution in [3.63, 3.8) is 0 Å². The Bertz CT molecular complexity index is 281. The molecule has 0 atom stereocenters. The summed E-state index contributed by atoms with van der Waals surface area (Å²) >= 11 is 0. The van der Waals surface area contributed by atoms with E-state index in [1.54, 1.807) is 0 Å². The Labute approximate surface area is 77.3 Å². The molecule has 0 unspecified atom stereocenters. The lowest BCUT2D eigenvalue weighted by Crippen LogP contribution is -2.03. The van der Waals surface area contributed by atoms with E-state index in [0.717, 1.165) is 25.0 Å². The molecule has 0 saturated heterocycles. The Balaban J connectivity index is 2.71. The van der Waals surface area contributed by atoms with Gasteiger partial charge in [0.1, 0.15) is 5.56 Å². The zero-order valence-corrected chi connectivity index (χ0v) is 7.96. The van der Waals surface area contributed by atoms with Crippen LogP contribution < -0.4 is 0 Å².